The molecule has 94 valence electrons. The van der Waals surface area contributed by atoms with Crippen molar-refractivity contribution in [2.45, 2.75) is 52.4 Å². The summed E-state index contributed by atoms with van der Waals surface area (Å²) in [6.07, 6.45) is 1.25. The van der Waals surface area contributed by atoms with Gasteiger partial charge >= 0.3 is 0 Å². The first-order valence-corrected chi connectivity index (χ1v) is 6.69. The summed E-state index contributed by atoms with van der Waals surface area (Å²) >= 11 is 0. The second-order valence-corrected chi connectivity index (χ2v) is 6.44. The van der Waals surface area contributed by atoms with Crippen molar-refractivity contribution in [1.82, 2.24) is 0 Å². The van der Waals surface area contributed by atoms with Gasteiger partial charge in [0.2, 0.25) is 0 Å². The third-order valence-corrected chi connectivity index (χ3v) is 4.22. The molecule has 0 N–H and O–H groups in total. The van der Waals surface area contributed by atoms with E-state index in [9.17, 15) is 0 Å². The average Bonchev–Trinajstić information content (AvgIpc) is 2.23. The van der Waals surface area contributed by atoms with Crippen LogP contribution < -0.4 is 4.90 Å². The Balaban J connectivity index is 2.62. The summed E-state index contributed by atoms with van der Waals surface area (Å²) in [5.41, 5.74) is 6.22. The van der Waals surface area contributed by atoms with Crippen LogP contribution in [0, 0.1) is 6.92 Å². The zero-order valence-corrected chi connectivity index (χ0v) is 12.1. The highest BCUT2D eigenvalue weighted by atomic mass is 15.1. The van der Waals surface area contributed by atoms with E-state index in [1.165, 1.54) is 35.3 Å². The van der Waals surface area contributed by atoms with E-state index in [-0.39, 0.29) is 0 Å². The van der Waals surface area contributed by atoms with Crippen LogP contribution >= 0.6 is 0 Å². The molecule has 1 aliphatic rings. The van der Waals surface area contributed by atoms with Gasteiger partial charge < -0.3 is 4.90 Å². The molecule has 0 bridgehead atoms. The second kappa shape index (κ2) is 4.04. The number of aryl methyl sites for hydroxylation is 1. The van der Waals surface area contributed by atoms with E-state index in [1.807, 2.05) is 0 Å². The minimum atomic E-state index is 0.319. The molecule has 0 atom stereocenters. The highest BCUT2D eigenvalue weighted by Gasteiger charge is 2.30. The molecule has 1 aliphatic heterocycles. The Bertz CT molecular complexity index is 429. The van der Waals surface area contributed by atoms with E-state index in [4.69, 9.17) is 0 Å². The Morgan fingerprint density at radius 1 is 1.24 bits per heavy atom. The van der Waals surface area contributed by atoms with E-state index in [1.54, 1.807) is 0 Å². The van der Waals surface area contributed by atoms with Crippen LogP contribution in [0.2, 0.25) is 0 Å². The smallest absolute Gasteiger partial charge is 0.0404 e. The standard InChI is InChI=1S/C16H25N/c1-11(2)13-10-14-15(9-12(13)3)17(6)8-7-16(14,4)5/h9-11H,7-8H2,1-6H3. The molecule has 1 nitrogen and oxygen atoms in total. The minimum absolute atomic E-state index is 0.319. The summed E-state index contributed by atoms with van der Waals surface area (Å²) in [6.45, 7) is 12.7. The monoisotopic (exact) mass is 231 g/mol. The lowest BCUT2D eigenvalue weighted by molar-refractivity contribution is 0.461. The molecule has 1 heterocycles. The Morgan fingerprint density at radius 3 is 2.47 bits per heavy atom. The van der Waals surface area contributed by atoms with E-state index in [2.05, 4.69) is 58.7 Å². The molecule has 0 saturated carbocycles. The largest absolute Gasteiger partial charge is 0.374 e. The molecule has 0 radical (unpaired) electrons. The molecule has 1 heteroatoms. The first kappa shape index (κ1) is 12.5. The van der Waals surface area contributed by atoms with E-state index >= 15 is 0 Å². The lowest BCUT2D eigenvalue weighted by atomic mass is 9.76. The summed E-state index contributed by atoms with van der Waals surface area (Å²) in [7, 11) is 2.21. The number of rotatable bonds is 1. The predicted octanol–water partition coefficient (Wildman–Crippen LogP) is 4.24. The summed E-state index contributed by atoms with van der Waals surface area (Å²) in [5.74, 6) is 0.614. The number of hydrogen-bond acceptors (Lipinski definition) is 1. The molecule has 2 rings (SSSR count). The van der Waals surface area contributed by atoms with E-state index < -0.39 is 0 Å². The van der Waals surface area contributed by atoms with Gasteiger partial charge in [0.05, 0.1) is 0 Å². The van der Waals surface area contributed by atoms with Crippen LogP contribution in [0.4, 0.5) is 5.69 Å². The molecule has 1 aromatic carbocycles. The van der Waals surface area contributed by atoms with Crippen LogP contribution in [0.1, 0.15) is 56.7 Å². The quantitative estimate of drug-likeness (QED) is 0.699. The summed E-state index contributed by atoms with van der Waals surface area (Å²) < 4.78 is 0. The number of anilines is 1. The zero-order chi connectivity index (χ0) is 12.8. The topological polar surface area (TPSA) is 3.24 Å². The second-order valence-electron chi connectivity index (χ2n) is 6.44. The van der Waals surface area contributed by atoms with Crippen LogP contribution in [0.25, 0.3) is 0 Å². The third-order valence-electron chi connectivity index (χ3n) is 4.22. The normalized spacial score (nSPS) is 18.4. The Hall–Kier alpha value is -0.980. The van der Waals surface area contributed by atoms with Crippen LogP contribution in [0.3, 0.4) is 0 Å². The molecular weight excluding hydrogens is 206 g/mol. The third kappa shape index (κ3) is 2.08. The van der Waals surface area contributed by atoms with E-state index in [0.29, 0.717) is 11.3 Å². The van der Waals surface area contributed by atoms with E-state index in [0.717, 1.165) is 0 Å². The van der Waals surface area contributed by atoms with Gasteiger partial charge in [-0.15, -0.1) is 0 Å². The first-order chi connectivity index (χ1) is 7.83. The highest BCUT2D eigenvalue weighted by Crippen LogP contribution is 2.41. The number of nitrogens with zero attached hydrogens (tertiary/aromatic N) is 1. The number of fused-ring (bicyclic) bond motifs is 1. The van der Waals surface area contributed by atoms with Gasteiger partial charge in [0.15, 0.2) is 0 Å². The Kier molecular flexibility index (Phi) is 2.97. The van der Waals surface area contributed by atoms with Crippen molar-refractivity contribution < 1.29 is 0 Å². The molecule has 1 aromatic rings. The summed E-state index contributed by atoms with van der Waals surface area (Å²) in [6, 6.07) is 4.83. The summed E-state index contributed by atoms with van der Waals surface area (Å²) in [5, 5.41) is 0. The highest BCUT2D eigenvalue weighted by molar-refractivity contribution is 5.61. The maximum Gasteiger partial charge on any atom is 0.0404 e. The average molecular weight is 231 g/mol. The van der Waals surface area contributed by atoms with Crippen LogP contribution in [-0.4, -0.2) is 13.6 Å². The molecule has 0 spiro atoms. The molecule has 0 fully saturated rings. The fraction of sp³-hybridized carbons (Fsp3) is 0.625. The number of benzene rings is 1. The fourth-order valence-corrected chi connectivity index (χ4v) is 2.89. The molecular formula is C16H25N. The molecule has 0 aromatic heterocycles. The lowest BCUT2D eigenvalue weighted by Crippen LogP contribution is -2.35. The number of hydrogen-bond donors (Lipinski definition) is 0. The molecule has 0 aliphatic carbocycles. The van der Waals surface area contributed by atoms with Gasteiger partial charge in [0, 0.05) is 19.3 Å². The van der Waals surface area contributed by atoms with Crippen LogP contribution in [0.5, 0.6) is 0 Å². The van der Waals surface area contributed by atoms with Gasteiger partial charge in [0.25, 0.3) is 0 Å². The van der Waals surface area contributed by atoms with Crippen molar-refractivity contribution in [1.29, 1.82) is 0 Å². The van der Waals surface area contributed by atoms with Gasteiger partial charge in [-0.1, -0.05) is 33.8 Å². The maximum atomic E-state index is 2.45. The van der Waals surface area contributed by atoms with Crippen molar-refractivity contribution >= 4 is 5.69 Å². The lowest BCUT2D eigenvalue weighted by Gasteiger charge is -2.39. The summed E-state index contributed by atoms with van der Waals surface area (Å²) in [4.78, 5) is 2.40. The van der Waals surface area contributed by atoms with Gasteiger partial charge in [-0.05, 0) is 47.4 Å². The maximum absolute atomic E-state index is 2.45. The first-order valence-electron chi connectivity index (χ1n) is 6.69. The fourth-order valence-electron chi connectivity index (χ4n) is 2.89. The molecule has 0 unspecified atom stereocenters. The Labute approximate surface area is 106 Å². The van der Waals surface area contributed by atoms with Crippen molar-refractivity contribution in [2.75, 3.05) is 18.5 Å². The van der Waals surface area contributed by atoms with Gasteiger partial charge in [-0.3, -0.25) is 0 Å². The zero-order valence-electron chi connectivity index (χ0n) is 12.1. The Morgan fingerprint density at radius 2 is 1.88 bits per heavy atom. The van der Waals surface area contributed by atoms with Gasteiger partial charge in [0.1, 0.15) is 0 Å². The SMILES string of the molecule is Cc1cc2c(cc1C(C)C)C(C)(C)CCN2C. The van der Waals surface area contributed by atoms with Gasteiger partial charge in [-0.25, -0.2) is 0 Å². The minimum Gasteiger partial charge on any atom is -0.374 e. The van der Waals surface area contributed by atoms with Crippen LogP contribution in [0.15, 0.2) is 12.1 Å². The molecule has 0 amide bonds. The van der Waals surface area contributed by atoms with Crippen LogP contribution in [-0.2, 0) is 5.41 Å². The van der Waals surface area contributed by atoms with Crippen molar-refractivity contribution in [3.8, 4) is 0 Å². The molecule has 17 heavy (non-hydrogen) atoms. The van der Waals surface area contributed by atoms with Gasteiger partial charge in [-0.2, -0.15) is 0 Å². The van der Waals surface area contributed by atoms with Crippen molar-refractivity contribution in [2.24, 2.45) is 0 Å². The predicted molar refractivity (Wildman–Crippen MR) is 76.2 cm³/mol. The van der Waals surface area contributed by atoms with Crippen molar-refractivity contribution in [3.63, 3.8) is 0 Å². The molecule has 0 saturated heterocycles. The van der Waals surface area contributed by atoms with Crippen molar-refractivity contribution in [3.05, 3.63) is 28.8 Å².